The minimum atomic E-state index is -0.552. The molecule has 2 aliphatic heterocycles. The van der Waals surface area contributed by atoms with Crippen molar-refractivity contribution in [1.29, 1.82) is 5.26 Å². The number of carbonyl (C=O) groups excluding carboxylic acids is 2. The summed E-state index contributed by atoms with van der Waals surface area (Å²) in [5.41, 5.74) is 3.59. The van der Waals surface area contributed by atoms with Crippen molar-refractivity contribution < 1.29 is 19.1 Å². The average Bonchev–Trinajstić information content (AvgIpc) is 3.77. The van der Waals surface area contributed by atoms with Crippen LogP contribution in [-0.4, -0.2) is 66.9 Å². The molecular formula is C34H35ClN8O4. The molecule has 242 valence electrons. The number of anilines is 1. The Hall–Kier alpha value is -4.76. The zero-order valence-corrected chi connectivity index (χ0v) is 27.3. The van der Waals surface area contributed by atoms with E-state index in [9.17, 15) is 14.9 Å². The highest BCUT2D eigenvalue weighted by Gasteiger charge is 2.32. The summed E-state index contributed by atoms with van der Waals surface area (Å²) in [7, 11) is 0. The summed E-state index contributed by atoms with van der Waals surface area (Å²) in [6, 6.07) is 8.12. The van der Waals surface area contributed by atoms with Crippen LogP contribution in [0.3, 0.4) is 0 Å². The zero-order chi connectivity index (χ0) is 32.9. The Kier molecular flexibility index (Phi) is 7.96. The van der Waals surface area contributed by atoms with Crippen molar-refractivity contribution >= 4 is 40.3 Å². The maximum atomic E-state index is 12.9. The predicted molar refractivity (Wildman–Crippen MR) is 174 cm³/mol. The van der Waals surface area contributed by atoms with E-state index in [2.05, 4.69) is 16.0 Å². The van der Waals surface area contributed by atoms with Crippen LogP contribution < -0.4 is 9.64 Å². The van der Waals surface area contributed by atoms with E-state index >= 15 is 0 Å². The molecule has 47 heavy (non-hydrogen) atoms. The summed E-state index contributed by atoms with van der Waals surface area (Å²) in [5, 5.41) is 16.5. The van der Waals surface area contributed by atoms with Crippen LogP contribution in [0.5, 0.6) is 5.75 Å². The van der Waals surface area contributed by atoms with E-state index in [1.165, 1.54) is 12.4 Å². The van der Waals surface area contributed by atoms with Gasteiger partial charge < -0.3 is 14.4 Å². The SMILES string of the molecule is CC(C)(C)OC(=O)N1CCC(n2ncc3c(-c4ccc5c(c4)OCC(=O)N5Cc4ncc(Cl)cn4)c(C#N)c(CC4CC4)nc32)CC1. The first kappa shape index (κ1) is 30.9. The maximum Gasteiger partial charge on any atom is 0.410 e. The molecule has 0 radical (unpaired) electrons. The van der Waals surface area contributed by atoms with Gasteiger partial charge in [0.1, 0.15) is 23.2 Å². The van der Waals surface area contributed by atoms with Crippen LogP contribution in [0.4, 0.5) is 10.5 Å². The fraction of sp³-hybridized carbons (Fsp3) is 0.441. The minimum absolute atomic E-state index is 0.0368. The molecule has 5 heterocycles. The predicted octanol–water partition coefficient (Wildman–Crippen LogP) is 5.86. The van der Waals surface area contributed by atoms with E-state index in [0.29, 0.717) is 59.7 Å². The van der Waals surface area contributed by atoms with Gasteiger partial charge in [0.05, 0.1) is 40.8 Å². The number of hydrogen-bond acceptors (Lipinski definition) is 9. The number of rotatable bonds is 6. The van der Waals surface area contributed by atoms with Gasteiger partial charge in [0, 0.05) is 36.4 Å². The van der Waals surface area contributed by atoms with Gasteiger partial charge in [-0.05, 0) is 76.5 Å². The lowest BCUT2D eigenvalue weighted by Gasteiger charge is -2.33. The molecule has 1 saturated carbocycles. The summed E-state index contributed by atoms with van der Waals surface area (Å²) < 4.78 is 13.5. The third-order valence-corrected chi connectivity index (χ3v) is 8.93. The van der Waals surface area contributed by atoms with Gasteiger partial charge in [-0.25, -0.2) is 24.4 Å². The number of likely N-dealkylation sites (tertiary alicyclic amines) is 1. The smallest absolute Gasteiger partial charge is 0.410 e. The van der Waals surface area contributed by atoms with E-state index in [-0.39, 0.29) is 31.2 Å². The number of hydrogen-bond donors (Lipinski definition) is 0. The molecule has 2 fully saturated rings. The number of fused-ring (bicyclic) bond motifs is 2. The highest BCUT2D eigenvalue weighted by atomic mass is 35.5. The number of nitrogens with zero attached hydrogens (tertiary/aromatic N) is 8. The average molecular weight is 655 g/mol. The van der Waals surface area contributed by atoms with Gasteiger partial charge in [-0.15, -0.1) is 0 Å². The van der Waals surface area contributed by atoms with Crippen LogP contribution in [0, 0.1) is 17.2 Å². The number of pyridine rings is 1. The van der Waals surface area contributed by atoms with Crippen molar-refractivity contribution in [3.63, 3.8) is 0 Å². The number of halogens is 1. The largest absolute Gasteiger partial charge is 0.482 e. The Labute approximate surface area is 277 Å². The molecular weight excluding hydrogens is 620 g/mol. The van der Waals surface area contributed by atoms with Gasteiger partial charge in [0.25, 0.3) is 5.91 Å². The number of nitriles is 1. The molecule has 0 spiro atoms. The van der Waals surface area contributed by atoms with Crippen LogP contribution in [0.15, 0.2) is 36.8 Å². The van der Waals surface area contributed by atoms with Crippen LogP contribution in [0.25, 0.3) is 22.2 Å². The third kappa shape index (κ3) is 6.32. The minimum Gasteiger partial charge on any atom is -0.482 e. The van der Waals surface area contributed by atoms with Crippen molar-refractivity contribution in [2.24, 2.45) is 5.92 Å². The lowest BCUT2D eigenvalue weighted by molar-refractivity contribution is -0.121. The number of carbonyl (C=O) groups is 2. The molecule has 0 unspecified atom stereocenters. The number of ether oxygens (including phenoxy) is 2. The van der Waals surface area contributed by atoms with Crippen LogP contribution >= 0.6 is 11.6 Å². The second-order valence-electron chi connectivity index (χ2n) is 13.4. The Morgan fingerprint density at radius 1 is 1.13 bits per heavy atom. The molecule has 12 nitrogen and oxygen atoms in total. The lowest BCUT2D eigenvalue weighted by atomic mass is 9.94. The summed E-state index contributed by atoms with van der Waals surface area (Å²) in [5.74, 6) is 1.28. The van der Waals surface area contributed by atoms with Gasteiger partial charge in [-0.1, -0.05) is 17.7 Å². The Morgan fingerprint density at radius 3 is 2.55 bits per heavy atom. The van der Waals surface area contributed by atoms with Crippen molar-refractivity contribution in [3.8, 4) is 22.9 Å². The molecule has 1 aliphatic carbocycles. The van der Waals surface area contributed by atoms with E-state index < -0.39 is 5.60 Å². The van der Waals surface area contributed by atoms with Gasteiger partial charge in [-0.2, -0.15) is 10.4 Å². The summed E-state index contributed by atoms with van der Waals surface area (Å²) in [4.78, 5) is 42.5. The number of piperidine rings is 1. The molecule has 2 amide bonds. The Bertz CT molecular complexity index is 1900. The maximum absolute atomic E-state index is 12.9. The quantitative estimate of drug-likeness (QED) is 0.250. The van der Waals surface area contributed by atoms with Crippen LogP contribution in [0.2, 0.25) is 5.02 Å². The topological polar surface area (TPSA) is 139 Å². The standard InChI is InChI=1S/C34H35ClN8O4/c1-34(2,3)47-33(45)41-10-8-23(9-11-41)43-32-25(17-39-43)31(24(14-36)26(40-32)12-20-4-5-20)21-6-7-27-28(13-21)46-19-30(44)42(27)18-29-37-15-22(35)16-38-29/h6-7,13,15-17,20,23H,4-5,8-12,18-19H2,1-3H3. The zero-order valence-electron chi connectivity index (χ0n) is 26.6. The second kappa shape index (κ2) is 12.1. The number of amides is 2. The second-order valence-corrected chi connectivity index (χ2v) is 13.8. The molecule has 3 aliphatic rings. The highest BCUT2D eigenvalue weighted by Crippen LogP contribution is 2.42. The van der Waals surface area contributed by atoms with E-state index in [0.717, 1.165) is 47.1 Å². The summed E-state index contributed by atoms with van der Waals surface area (Å²) >= 11 is 5.95. The van der Waals surface area contributed by atoms with Gasteiger partial charge in [0.15, 0.2) is 12.3 Å². The first-order valence-electron chi connectivity index (χ1n) is 15.9. The van der Waals surface area contributed by atoms with Crippen LogP contribution in [-0.2, 0) is 22.5 Å². The molecule has 4 aromatic rings. The molecule has 0 bridgehead atoms. The van der Waals surface area contributed by atoms with E-state index in [1.54, 1.807) is 16.0 Å². The summed E-state index contributed by atoms with van der Waals surface area (Å²) in [6.45, 7) is 6.74. The highest BCUT2D eigenvalue weighted by molar-refractivity contribution is 6.30. The first-order valence-corrected chi connectivity index (χ1v) is 16.3. The normalized spacial score (nSPS) is 17.0. The van der Waals surface area contributed by atoms with Crippen molar-refractivity contribution in [1.82, 2.24) is 29.6 Å². The van der Waals surface area contributed by atoms with Crippen molar-refractivity contribution in [2.45, 2.75) is 71.1 Å². The number of aromatic nitrogens is 5. The molecule has 1 saturated heterocycles. The fourth-order valence-corrected chi connectivity index (χ4v) is 6.35. The van der Waals surface area contributed by atoms with Gasteiger partial charge in [0.2, 0.25) is 0 Å². The third-order valence-electron chi connectivity index (χ3n) is 8.74. The Balaban J connectivity index is 1.24. The molecule has 3 aromatic heterocycles. The lowest BCUT2D eigenvalue weighted by Crippen LogP contribution is -2.42. The van der Waals surface area contributed by atoms with Crippen molar-refractivity contribution in [2.75, 3.05) is 24.6 Å². The first-order chi connectivity index (χ1) is 22.6. The molecule has 0 atom stereocenters. The van der Waals surface area contributed by atoms with E-state index in [4.69, 9.17) is 31.2 Å². The molecule has 0 N–H and O–H groups in total. The molecule has 7 rings (SSSR count). The molecule has 13 heteroatoms. The number of benzene rings is 1. The van der Waals surface area contributed by atoms with Crippen molar-refractivity contribution in [3.05, 3.63) is 58.9 Å². The monoisotopic (exact) mass is 654 g/mol. The van der Waals surface area contributed by atoms with Gasteiger partial charge in [-0.3, -0.25) is 9.69 Å². The van der Waals surface area contributed by atoms with E-state index in [1.807, 2.05) is 43.7 Å². The Morgan fingerprint density at radius 2 is 1.87 bits per heavy atom. The summed E-state index contributed by atoms with van der Waals surface area (Å²) in [6.07, 6.45) is 8.86. The fourth-order valence-electron chi connectivity index (χ4n) is 6.25. The van der Waals surface area contributed by atoms with Crippen LogP contribution in [0.1, 0.15) is 69.6 Å². The molecule has 1 aromatic carbocycles. The van der Waals surface area contributed by atoms with Gasteiger partial charge >= 0.3 is 6.09 Å².